The smallest absolute Gasteiger partial charge is 0.378 e. The maximum atomic E-state index is 13.0. The quantitative estimate of drug-likeness (QED) is 0.932. The molecule has 8 heteroatoms. The fourth-order valence-corrected chi connectivity index (χ4v) is 2.84. The van der Waals surface area contributed by atoms with Crippen LogP contribution in [0.4, 0.5) is 18.9 Å². The molecule has 2 heterocycles. The maximum absolute atomic E-state index is 13.0. The largest absolute Gasteiger partial charge is 0.417 e. The summed E-state index contributed by atoms with van der Waals surface area (Å²) in [6.07, 6.45) is -0.416. The molecule has 0 radical (unpaired) electrons. The number of anilines is 1. The van der Waals surface area contributed by atoms with Crippen molar-refractivity contribution in [2.45, 2.75) is 44.9 Å². The van der Waals surface area contributed by atoms with Gasteiger partial charge in [0.05, 0.1) is 23.7 Å². The second-order valence-corrected chi connectivity index (χ2v) is 5.72. The molecule has 24 heavy (non-hydrogen) atoms. The summed E-state index contributed by atoms with van der Waals surface area (Å²) < 4.78 is 41.0. The van der Waals surface area contributed by atoms with Gasteiger partial charge in [0.1, 0.15) is 5.82 Å². The van der Waals surface area contributed by atoms with E-state index in [0.29, 0.717) is 11.5 Å². The molecule has 0 saturated heterocycles. The normalized spacial score (nSPS) is 14.6. The summed E-state index contributed by atoms with van der Waals surface area (Å²) in [5, 5.41) is 20.1. The molecular formula is C16H16F3N5. The molecule has 0 saturated carbocycles. The van der Waals surface area contributed by atoms with Gasteiger partial charge in [-0.3, -0.25) is 0 Å². The van der Waals surface area contributed by atoms with Crippen LogP contribution in [0.1, 0.15) is 42.0 Å². The number of fused-ring (bicyclic) bond motifs is 1. The lowest BCUT2D eigenvalue weighted by Gasteiger charge is -2.13. The fourth-order valence-electron chi connectivity index (χ4n) is 2.84. The molecule has 1 aromatic heterocycles. The lowest BCUT2D eigenvalue weighted by atomic mass is 10.1. The van der Waals surface area contributed by atoms with Gasteiger partial charge in [-0.05, 0) is 31.0 Å². The van der Waals surface area contributed by atoms with E-state index >= 15 is 0 Å². The van der Waals surface area contributed by atoms with Gasteiger partial charge in [0.25, 0.3) is 0 Å². The first kappa shape index (κ1) is 16.3. The van der Waals surface area contributed by atoms with Gasteiger partial charge in [-0.1, -0.05) is 6.42 Å². The number of aromatic nitrogens is 3. The molecule has 126 valence electrons. The van der Waals surface area contributed by atoms with Gasteiger partial charge in [-0.25, -0.2) is 0 Å². The Labute approximate surface area is 137 Å². The van der Waals surface area contributed by atoms with Crippen LogP contribution in [0.2, 0.25) is 0 Å². The molecule has 0 bridgehead atoms. The minimum Gasteiger partial charge on any atom is -0.378 e. The average molecular weight is 335 g/mol. The van der Waals surface area contributed by atoms with Crippen molar-refractivity contribution in [2.75, 3.05) is 5.32 Å². The number of nitrogens with one attached hydrogen (secondary N) is 1. The zero-order valence-electron chi connectivity index (χ0n) is 12.9. The van der Waals surface area contributed by atoms with Crippen LogP contribution in [0, 0.1) is 11.3 Å². The number of hydrogen-bond acceptors (Lipinski definition) is 4. The average Bonchev–Trinajstić information content (AvgIpc) is 2.78. The van der Waals surface area contributed by atoms with Gasteiger partial charge >= 0.3 is 6.18 Å². The Hall–Kier alpha value is -2.56. The maximum Gasteiger partial charge on any atom is 0.417 e. The third kappa shape index (κ3) is 3.35. The highest BCUT2D eigenvalue weighted by molar-refractivity contribution is 5.53. The van der Waals surface area contributed by atoms with Crippen molar-refractivity contribution >= 4 is 5.69 Å². The van der Waals surface area contributed by atoms with Crippen molar-refractivity contribution in [1.82, 2.24) is 14.8 Å². The van der Waals surface area contributed by atoms with Crippen molar-refractivity contribution in [3.8, 4) is 6.07 Å². The van der Waals surface area contributed by atoms with Crippen LogP contribution in [-0.2, 0) is 25.7 Å². The molecule has 1 N–H and O–H groups in total. The zero-order valence-corrected chi connectivity index (χ0v) is 12.9. The summed E-state index contributed by atoms with van der Waals surface area (Å²) in [4.78, 5) is 0. The van der Waals surface area contributed by atoms with Crippen molar-refractivity contribution in [2.24, 2.45) is 0 Å². The predicted molar refractivity (Wildman–Crippen MR) is 81.1 cm³/mol. The Morgan fingerprint density at radius 1 is 1.21 bits per heavy atom. The molecular weight excluding hydrogens is 319 g/mol. The molecule has 1 aliphatic heterocycles. The van der Waals surface area contributed by atoms with Gasteiger partial charge in [0.2, 0.25) is 0 Å². The molecule has 0 aliphatic carbocycles. The van der Waals surface area contributed by atoms with E-state index in [1.54, 1.807) is 6.07 Å². The summed E-state index contributed by atoms with van der Waals surface area (Å²) in [6, 6.07) is 5.17. The Balaban J connectivity index is 1.78. The number of benzene rings is 1. The number of hydrogen-bond donors (Lipinski definition) is 1. The molecule has 3 rings (SSSR count). The van der Waals surface area contributed by atoms with Crippen LogP contribution in [0.5, 0.6) is 0 Å². The Bertz CT molecular complexity index is 773. The summed E-state index contributed by atoms with van der Waals surface area (Å²) in [5.74, 6) is 1.64. The SMILES string of the molecule is N#Cc1ccc(NCc2nnc3n2CCCCC3)cc1C(F)(F)F. The first-order valence-corrected chi connectivity index (χ1v) is 7.75. The zero-order chi connectivity index (χ0) is 17.2. The fraction of sp³-hybridized carbons (Fsp3) is 0.438. The summed E-state index contributed by atoms with van der Waals surface area (Å²) in [7, 11) is 0. The van der Waals surface area contributed by atoms with Crippen LogP contribution >= 0.6 is 0 Å². The van der Waals surface area contributed by atoms with Crippen LogP contribution in [0.15, 0.2) is 18.2 Å². The highest BCUT2D eigenvalue weighted by Crippen LogP contribution is 2.33. The van der Waals surface area contributed by atoms with Crippen LogP contribution in [-0.4, -0.2) is 14.8 Å². The van der Waals surface area contributed by atoms with Gasteiger partial charge < -0.3 is 9.88 Å². The van der Waals surface area contributed by atoms with E-state index in [0.717, 1.165) is 44.1 Å². The summed E-state index contributed by atoms with van der Waals surface area (Å²) in [5.41, 5.74) is -1.02. The second kappa shape index (κ2) is 6.51. The molecule has 0 spiro atoms. The van der Waals surface area contributed by atoms with E-state index in [9.17, 15) is 13.2 Å². The second-order valence-electron chi connectivity index (χ2n) is 5.72. The lowest BCUT2D eigenvalue weighted by molar-refractivity contribution is -0.137. The first-order chi connectivity index (χ1) is 11.5. The summed E-state index contributed by atoms with van der Waals surface area (Å²) >= 11 is 0. The number of alkyl halides is 3. The van der Waals surface area contributed by atoms with E-state index in [1.165, 1.54) is 12.1 Å². The molecule has 0 atom stereocenters. The van der Waals surface area contributed by atoms with Gasteiger partial charge in [-0.15, -0.1) is 10.2 Å². The molecule has 1 aliphatic rings. The standard InChI is InChI=1S/C16H16F3N5/c17-16(18,19)13-8-12(6-5-11(13)9-20)21-10-15-23-22-14-4-2-1-3-7-24(14)15/h5-6,8,21H,1-4,7,10H2. The molecule has 5 nitrogen and oxygen atoms in total. The van der Waals surface area contributed by atoms with E-state index in [-0.39, 0.29) is 12.1 Å². The van der Waals surface area contributed by atoms with Crippen LogP contribution < -0.4 is 5.32 Å². The topological polar surface area (TPSA) is 66.5 Å². The Morgan fingerprint density at radius 3 is 2.79 bits per heavy atom. The van der Waals surface area contributed by atoms with Gasteiger partial charge in [0.15, 0.2) is 5.82 Å². The van der Waals surface area contributed by atoms with Crippen LogP contribution in [0.25, 0.3) is 0 Å². The van der Waals surface area contributed by atoms with E-state index in [1.807, 2.05) is 4.57 Å². The van der Waals surface area contributed by atoms with Gasteiger partial charge in [-0.2, -0.15) is 18.4 Å². The number of aryl methyl sites for hydroxylation is 1. The molecule has 0 fully saturated rings. The van der Waals surface area contributed by atoms with Crippen molar-refractivity contribution in [3.05, 3.63) is 41.0 Å². The number of rotatable bonds is 3. The number of nitriles is 1. The van der Waals surface area contributed by atoms with Crippen LogP contribution in [0.3, 0.4) is 0 Å². The molecule has 0 unspecified atom stereocenters. The number of nitrogens with zero attached hydrogens (tertiary/aromatic N) is 4. The lowest BCUT2D eigenvalue weighted by Crippen LogP contribution is -2.12. The van der Waals surface area contributed by atoms with Gasteiger partial charge in [0, 0.05) is 18.7 Å². The predicted octanol–water partition coefficient (Wildman–Crippen LogP) is 3.51. The van der Waals surface area contributed by atoms with E-state index < -0.39 is 11.7 Å². The highest BCUT2D eigenvalue weighted by atomic mass is 19.4. The number of halogens is 3. The minimum atomic E-state index is -4.56. The van der Waals surface area contributed by atoms with Crippen molar-refractivity contribution < 1.29 is 13.2 Å². The Kier molecular flexibility index (Phi) is 4.42. The first-order valence-electron chi connectivity index (χ1n) is 7.75. The van der Waals surface area contributed by atoms with Crippen molar-refractivity contribution in [3.63, 3.8) is 0 Å². The minimum absolute atomic E-state index is 0.288. The Morgan fingerprint density at radius 2 is 2.04 bits per heavy atom. The van der Waals surface area contributed by atoms with E-state index in [4.69, 9.17) is 5.26 Å². The third-order valence-electron chi connectivity index (χ3n) is 4.08. The molecule has 0 amide bonds. The third-order valence-corrected chi connectivity index (χ3v) is 4.08. The summed E-state index contributed by atoms with van der Waals surface area (Å²) in [6.45, 7) is 1.12. The van der Waals surface area contributed by atoms with Crippen molar-refractivity contribution in [1.29, 1.82) is 5.26 Å². The molecule has 1 aromatic carbocycles. The van der Waals surface area contributed by atoms with E-state index in [2.05, 4.69) is 15.5 Å². The highest BCUT2D eigenvalue weighted by Gasteiger charge is 2.33. The monoisotopic (exact) mass is 335 g/mol. The molecule has 2 aromatic rings.